The van der Waals surface area contributed by atoms with Gasteiger partial charge in [-0.2, -0.15) is 0 Å². The van der Waals surface area contributed by atoms with Crippen molar-refractivity contribution in [1.82, 2.24) is 4.57 Å². The zero-order valence-electron chi connectivity index (χ0n) is 13.3. The van der Waals surface area contributed by atoms with Gasteiger partial charge in [0.15, 0.2) is 0 Å². The maximum atomic E-state index is 12.0. The second-order valence-corrected chi connectivity index (χ2v) is 4.79. The summed E-state index contributed by atoms with van der Waals surface area (Å²) in [5.74, 6) is -2.28. The molecule has 1 N–H and O–H groups in total. The molecule has 7 heteroatoms. The minimum absolute atomic E-state index is 0.0950. The molecule has 0 aliphatic rings. The molecule has 0 saturated heterocycles. The van der Waals surface area contributed by atoms with Crippen LogP contribution in [0.3, 0.4) is 0 Å². The van der Waals surface area contributed by atoms with E-state index in [9.17, 15) is 14.4 Å². The molecule has 1 heterocycles. The number of carbonyl (C=O) groups excluding carboxylic acids is 2. The maximum absolute atomic E-state index is 12.0. The lowest BCUT2D eigenvalue weighted by Gasteiger charge is -2.03. The lowest BCUT2D eigenvalue weighted by Crippen LogP contribution is -2.11. The summed E-state index contributed by atoms with van der Waals surface area (Å²) in [4.78, 5) is 35.0. The summed E-state index contributed by atoms with van der Waals surface area (Å²) in [5, 5.41) is 8.93. The highest BCUT2D eigenvalue weighted by Gasteiger charge is 2.22. The van der Waals surface area contributed by atoms with Gasteiger partial charge in [-0.1, -0.05) is 0 Å². The van der Waals surface area contributed by atoms with Gasteiger partial charge < -0.3 is 19.1 Å². The number of carboxylic acid groups (broad SMARTS) is 1. The Morgan fingerprint density at radius 1 is 0.917 bits per heavy atom. The van der Waals surface area contributed by atoms with Crippen molar-refractivity contribution in [3.8, 4) is 5.69 Å². The van der Waals surface area contributed by atoms with Crippen molar-refractivity contribution >= 4 is 17.9 Å². The van der Waals surface area contributed by atoms with Crippen LogP contribution in [0.4, 0.5) is 0 Å². The smallest absolute Gasteiger partial charge is 0.340 e. The Bertz CT molecular complexity index is 724. The number of nitrogens with zero attached hydrogens (tertiary/aromatic N) is 1. The van der Waals surface area contributed by atoms with E-state index in [1.807, 2.05) is 0 Å². The van der Waals surface area contributed by atoms with Gasteiger partial charge in [0, 0.05) is 18.1 Å². The fourth-order valence-electron chi connectivity index (χ4n) is 2.12. The fraction of sp³-hybridized carbons (Fsp3) is 0.235. The fourth-order valence-corrected chi connectivity index (χ4v) is 2.12. The number of rotatable bonds is 6. The van der Waals surface area contributed by atoms with Crippen molar-refractivity contribution in [3.05, 3.63) is 53.3 Å². The number of esters is 2. The minimum Gasteiger partial charge on any atom is -0.478 e. The van der Waals surface area contributed by atoms with Crippen LogP contribution in [-0.4, -0.2) is 40.8 Å². The number of ether oxygens (including phenoxy) is 2. The zero-order chi connectivity index (χ0) is 17.7. The maximum Gasteiger partial charge on any atom is 0.340 e. The third-order valence-corrected chi connectivity index (χ3v) is 3.23. The molecular formula is C17H17NO6. The normalized spacial score (nSPS) is 10.2. The molecule has 2 aromatic rings. The van der Waals surface area contributed by atoms with E-state index in [-0.39, 0.29) is 29.9 Å². The highest BCUT2D eigenvalue weighted by Crippen LogP contribution is 2.19. The van der Waals surface area contributed by atoms with Crippen LogP contribution in [0, 0.1) is 0 Å². The van der Waals surface area contributed by atoms with Gasteiger partial charge in [0.2, 0.25) is 0 Å². The van der Waals surface area contributed by atoms with Crippen molar-refractivity contribution in [1.29, 1.82) is 0 Å². The first kappa shape index (κ1) is 17.3. The van der Waals surface area contributed by atoms with Crippen LogP contribution in [0.25, 0.3) is 5.69 Å². The third-order valence-electron chi connectivity index (χ3n) is 3.23. The topological polar surface area (TPSA) is 94.8 Å². The first-order chi connectivity index (χ1) is 11.5. The van der Waals surface area contributed by atoms with E-state index < -0.39 is 17.9 Å². The van der Waals surface area contributed by atoms with Gasteiger partial charge in [0.05, 0.1) is 29.9 Å². The lowest BCUT2D eigenvalue weighted by molar-refractivity contribution is 0.0480. The van der Waals surface area contributed by atoms with Crippen molar-refractivity contribution in [2.45, 2.75) is 13.8 Å². The summed E-state index contributed by atoms with van der Waals surface area (Å²) >= 11 is 0. The van der Waals surface area contributed by atoms with E-state index in [0.29, 0.717) is 5.69 Å². The SMILES string of the molecule is CCOC(=O)c1cn(-c2ccc(C(=O)O)cc2)cc1C(=O)OCC. The van der Waals surface area contributed by atoms with Crippen LogP contribution < -0.4 is 0 Å². The molecule has 0 unspecified atom stereocenters. The zero-order valence-corrected chi connectivity index (χ0v) is 13.3. The summed E-state index contributed by atoms with van der Waals surface area (Å²) in [6.45, 7) is 3.70. The summed E-state index contributed by atoms with van der Waals surface area (Å²) in [7, 11) is 0. The molecule has 0 fully saturated rings. The highest BCUT2D eigenvalue weighted by atomic mass is 16.5. The predicted octanol–water partition coefficient (Wildman–Crippen LogP) is 2.53. The van der Waals surface area contributed by atoms with Gasteiger partial charge in [-0.25, -0.2) is 14.4 Å². The Morgan fingerprint density at radius 2 is 1.38 bits per heavy atom. The summed E-state index contributed by atoms with van der Waals surface area (Å²) < 4.78 is 11.5. The van der Waals surface area contributed by atoms with Crippen LogP contribution in [-0.2, 0) is 9.47 Å². The Balaban J connectivity index is 2.43. The molecule has 24 heavy (non-hydrogen) atoms. The van der Waals surface area contributed by atoms with Gasteiger partial charge in [0.1, 0.15) is 0 Å². The summed E-state index contributed by atoms with van der Waals surface area (Å²) in [6.07, 6.45) is 2.92. The van der Waals surface area contributed by atoms with Crippen LogP contribution in [0.1, 0.15) is 44.9 Å². The van der Waals surface area contributed by atoms with E-state index >= 15 is 0 Å². The third kappa shape index (κ3) is 3.62. The van der Waals surface area contributed by atoms with Crippen LogP contribution >= 0.6 is 0 Å². The molecule has 0 aliphatic heterocycles. The molecule has 2 rings (SSSR count). The minimum atomic E-state index is -1.03. The molecule has 1 aromatic carbocycles. The van der Waals surface area contributed by atoms with Crippen LogP contribution in [0.2, 0.25) is 0 Å². The first-order valence-corrected chi connectivity index (χ1v) is 7.37. The van der Waals surface area contributed by atoms with Gasteiger partial charge >= 0.3 is 17.9 Å². The number of carboxylic acids is 1. The number of hydrogen-bond donors (Lipinski definition) is 1. The first-order valence-electron chi connectivity index (χ1n) is 7.37. The monoisotopic (exact) mass is 331 g/mol. The van der Waals surface area contributed by atoms with E-state index in [1.165, 1.54) is 24.5 Å². The second-order valence-electron chi connectivity index (χ2n) is 4.79. The Hall–Kier alpha value is -3.09. The standard InChI is InChI=1S/C17H17NO6/c1-3-23-16(21)13-9-18(10-14(13)17(22)24-4-2)12-7-5-11(6-8-12)15(19)20/h5-10H,3-4H2,1-2H3,(H,19,20). The number of aromatic carboxylic acids is 1. The van der Waals surface area contributed by atoms with Crippen molar-refractivity contribution in [2.24, 2.45) is 0 Å². The van der Waals surface area contributed by atoms with Gasteiger partial charge in [-0.05, 0) is 38.1 Å². The highest BCUT2D eigenvalue weighted by molar-refractivity contribution is 6.03. The van der Waals surface area contributed by atoms with E-state index in [0.717, 1.165) is 0 Å². The van der Waals surface area contributed by atoms with Crippen LogP contribution in [0.5, 0.6) is 0 Å². The molecule has 0 aliphatic carbocycles. The number of carbonyl (C=O) groups is 3. The van der Waals surface area contributed by atoms with Gasteiger partial charge in [0.25, 0.3) is 0 Å². The summed E-state index contributed by atoms with van der Waals surface area (Å²) in [6, 6.07) is 6.03. The van der Waals surface area contributed by atoms with Crippen molar-refractivity contribution in [2.75, 3.05) is 13.2 Å². The Labute approximate surface area is 138 Å². The van der Waals surface area contributed by atoms with E-state index in [4.69, 9.17) is 14.6 Å². The summed E-state index contributed by atoms with van der Waals surface area (Å²) in [5.41, 5.74) is 0.929. The molecule has 0 spiro atoms. The number of benzene rings is 1. The molecule has 1 aromatic heterocycles. The average molecular weight is 331 g/mol. The van der Waals surface area contributed by atoms with E-state index in [2.05, 4.69) is 0 Å². The van der Waals surface area contributed by atoms with E-state index in [1.54, 1.807) is 30.5 Å². The predicted molar refractivity (Wildman–Crippen MR) is 84.6 cm³/mol. The van der Waals surface area contributed by atoms with Crippen molar-refractivity contribution in [3.63, 3.8) is 0 Å². The second kappa shape index (κ2) is 7.45. The van der Waals surface area contributed by atoms with Gasteiger partial charge in [-0.3, -0.25) is 0 Å². The molecule has 126 valence electrons. The lowest BCUT2D eigenvalue weighted by atomic mass is 10.2. The van der Waals surface area contributed by atoms with Gasteiger partial charge in [-0.15, -0.1) is 0 Å². The quantitative estimate of drug-likeness (QED) is 0.817. The molecule has 0 radical (unpaired) electrons. The number of aromatic nitrogens is 1. The molecule has 0 bridgehead atoms. The molecule has 0 saturated carbocycles. The van der Waals surface area contributed by atoms with Crippen molar-refractivity contribution < 1.29 is 29.0 Å². The molecule has 7 nitrogen and oxygen atoms in total. The largest absolute Gasteiger partial charge is 0.478 e. The Kier molecular flexibility index (Phi) is 5.36. The molecule has 0 atom stereocenters. The average Bonchev–Trinajstić information content (AvgIpc) is 3.01. The molecule has 0 amide bonds. The molecular weight excluding hydrogens is 314 g/mol. The Morgan fingerprint density at radius 3 is 1.75 bits per heavy atom. The number of hydrogen-bond acceptors (Lipinski definition) is 5. The van der Waals surface area contributed by atoms with Crippen LogP contribution in [0.15, 0.2) is 36.7 Å².